The Hall–Kier alpha value is -1.32. The van der Waals surface area contributed by atoms with Crippen molar-refractivity contribution in [3.63, 3.8) is 0 Å². The normalized spacial score (nSPS) is 10.8. The molecule has 0 fully saturated rings. The van der Waals surface area contributed by atoms with E-state index in [0.717, 1.165) is 35.9 Å². The lowest BCUT2D eigenvalue weighted by atomic mass is 10.1. The molecule has 1 heterocycles. The first-order valence-corrected chi connectivity index (χ1v) is 6.57. The molecule has 0 amide bonds. The van der Waals surface area contributed by atoms with Crippen molar-refractivity contribution in [2.24, 2.45) is 7.05 Å². The molecule has 0 spiro atoms. The van der Waals surface area contributed by atoms with E-state index >= 15 is 0 Å². The van der Waals surface area contributed by atoms with Gasteiger partial charge in [-0.2, -0.15) is 0 Å². The van der Waals surface area contributed by atoms with Crippen molar-refractivity contribution < 1.29 is 0 Å². The van der Waals surface area contributed by atoms with E-state index in [2.05, 4.69) is 23.3 Å². The summed E-state index contributed by atoms with van der Waals surface area (Å²) < 4.78 is 1.97. The Morgan fingerprint density at radius 3 is 2.83 bits per heavy atom. The zero-order chi connectivity index (χ0) is 13.0. The minimum Gasteiger partial charge on any atom is -0.334 e. The Morgan fingerprint density at radius 1 is 1.39 bits per heavy atom. The van der Waals surface area contributed by atoms with Crippen LogP contribution >= 0.6 is 11.6 Å². The Balaban J connectivity index is 2.18. The van der Waals surface area contributed by atoms with Gasteiger partial charge in [0.2, 0.25) is 0 Å². The van der Waals surface area contributed by atoms with Crippen LogP contribution in [0.15, 0.2) is 30.6 Å². The number of nitrogens with zero attached hydrogens (tertiary/aromatic N) is 2. The van der Waals surface area contributed by atoms with Crippen LogP contribution in [0.1, 0.15) is 18.9 Å². The zero-order valence-electron chi connectivity index (χ0n) is 10.8. The van der Waals surface area contributed by atoms with Crippen LogP contribution in [0.2, 0.25) is 5.02 Å². The van der Waals surface area contributed by atoms with Crippen LogP contribution in [0.3, 0.4) is 0 Å². The van der Waals surface area contributed by atoms with Crippen LogP contribution in [0.4, 0.5) is 0 Å². The van der Waals surface area contributed by atoms with Crippen LogP contribution in [0.5, 0.6) is 0 Å². The van der Waals surface area contributed by atoms with Crippen molar-refractivity contribution in [3.05, 3.63) is 41.2 Å². The van der Waals surface area contributed by atoms with E-state index in [-0.39, 0.29) is 0 Å². The lowest BCUT2D eigenvalue weighted by Gasteiger charge is -2.08. The highest BCUT2D eigenvalue weighted by atomic mass is 35.5. The Bertz CT molecular complexity index is 520. The third-order valence-electron chi connectivity index (χ3n) is 2.85. The van der Waals surface area contributed by atoms with E-state index in [9.17, 15) is 0 Å². The number of hydrogen-bond donors (Lipinski definition) is 1. The predicted molar refractivity (Wildman–Crippen MR) is 75.7 cm³/mol. The topological polar surface area (TPSA) is 29.9 Å². The summed E-state index contributed by atoms with van der Waals surface area (Å²) in [4.78, 5) is 4.31. The third-order valence-corrected chi connectivity index (χ3v) is 3.16. The van der Waals surface area contributed by atoms with Gasteiger partial charge in [0.15, 0.2) is 0 Å². The standard InChI is InChI=1S/C14H18ClN3/c1-3-6-16-10-11-4-5-12(13(15)9-11)14-17-7-8-18(14)2/h4-5,7-9,16H,3,6,10H2,1-2H3. The molecule has 2 rings (SSSR count). The third kappa shape index (κ3) is 2.92. The van der Waals surface area contributed by atoms with Crippen LogP contribution in [0, 0.1) is 0 Å². The molecule has 0 aliphatic carbocycles. The molecule has 18 heavy (non-hydrogen) atoms. The SMILES string of the molecule is CCCNCc1ccc(-c2nccn2C)c(Cl)c1. The lowest BCUT2D eigenvalue weighted by molar-refractivity contribution is 0.675. The molecule has 96 valence electrons. The summed E-state index contributed by atoms with van der Waals surface area (Å²) in [6.45, 7) is 4.04. The van der Waals surface area contributed by atoms with Crippen LogP contribution in [-0.4, -0.2) is 16.1 Å². The fraction of sp³-hybridized carbons (Fsp3) is 0.357. The lowest BCUT2D eigenvalue weighted by Crippen LogP contribution is -2.13. The van der Waals surface area contributed by atoms with Crippen molar-refractivity contribution in [3.8, 4) is 11.4 Å². The van der Waals surface area contributed by atoms with Gasteiger partial charge in [0.25, 0.3) is 0 Å². The monoisotopic (exact) mass is 263 g/mol. The fourth-order valence-electron chi connectivity index (χ4n) is 1.88. The molecule has 0 saturated carbocycles. The summed E-state index contributed by atoms with van der Waals surface area (Å²) in [5, 5.41) is 4.11. The fourth-order valence-corrected chi connectivity index (χ4v) is 2.17. The second-order valence-corrected chi connectivity index (χ2v) is 4.76. The smallest absolute Gasteiger partial charge is 0.141 e. The molecule has 0 aliphatic heterocycles. The highest BCUT2D eigenvalue weighted by molar-refractivity contribution is 6.33. The number of halogens is 1. The summed E-state index contributed by atoms with van der Waals surface area (Å²) in [6, 6.07) is 6.14. The van der Waals surface area contributed by atoms with E-state index in [1.165, 1.54) is 5.56 Å². The first-order valence-electron chi connectivity index (χ1n) is 6.19. The van der Waals surface area contributed by atoms with Crippen molar-refractivity contribution >= 4 is 11.6 Å². The molecule has 1 aromatic carbocycles. The minimum atomic E-state index is 0.750. The molecule has 3 nitrogen and oxygen atoms in total. The molecule has 0 saturated heterocycles. The predicted octanol–water partition coefficient (Wildman–Crippen LogP) is 3.24. The average Bonchev–Trinajstić information content (AvgIpc) is 2.76. The van der Waals surface area contributed by atoms with Crippen molar-refractivity contribution in [1.82, 2.24) is 14.9 Å². The van der Waals surface area contributed by atoms with Gasteiger partial charge in [-0.15, -0.1) is 0 Å². The summed E-state index contributed by atoms with van der Waals surface area (Å²) in [5.41, 5.74) is 2.18. The first-order chi connectivity index (χ1) is 8.72. The summed E-state index contributed by atoms with van der Waals surface area (Å²) in [6.07, 6.45) is 4.84. The maximum Gasteiger partial charge on any atom is 0.141 e. The number of rotatable bonds is 5. The van der Waals surface area contributed by atoms with Gasteiger partial charge >= 0.3 is 0 Å². The van der Waals surface area contributed by atoms with Crippen molar-refractivity contribution in [2.75, 3.05) is 6.54 Å². The Labute approximate surface area is 113 Å². The van der Waals surface area contributed by atoms with Gasteiger partial charge < -0.3 is 9.88 Å². The van der Waals surface area contributed by atoms with Gasteiger partial charge in [0, 0.05) is 31.5 Å². The molecule has 1 aromatic heterocycles. The minimum absolute atomic E-state index is 0.750. The van der Waals surface area contributed by atoms with Gasteiger partial charge in [-0.25, -0.2) is 4.98 Å². The van der Waals surface area contributed by atoms with Crippen LogP contribution in [0.25, 0.3) is 11.4 Å². The largest absolute Gasteiger partial charge is 0.334 e. The molecule has 0 bridgehead atoms. The molecule has 1 N–H and O–H groups in total. The molecule has 0 unspecified atom stereocenters. The first kappa shape index (κ1) is 13.1. The zero-order valence-corrected chi connectivity index (χ0v) is 11.5. The maximum absolute atomic E-state index is 6.32. The van der Waals surface area contributed by atoms with E-state index in [0.29, 0.717) is 0 Å². The molecule has 0 atom stereocenters. The van der Waals surface area contributed by atoms with E-state index in [1.54, 1.807) is 6.20 Å². The number of hydrogen-bond acceptors (Lipinski definition) is 2. The number of aromatic nitrogens is 2. The van der Waals surface area contributed by atoms with E-state index in [4.69, 9.17) is 11.6 Å². The summed E-state index contributed by atoms with van der Waals surface area (Å²) in [5.74, 6) is 0.896. The second kappa shape index (κ2) is 6.03. The van der Waals surface area contributed by atoms with Gasteiger partial charge in [-0.1, -0.05) is 24.6 Å². The highest BCUT2D eigenvalue weighted by Crippen LogP contribution is 2.27. The molecule has 2 aromatic rings. The van der Waals surface area contributed by atoms with Gasteiger partial charge in [-0.05, 0) is 30.7 Å². The van der Waals surface area contributed by atoms with Crippen LogP contribution in [-0.2, 0) is 13.6 Å². The Kier molecular flexibility index (Phi) is 4.39. The second-order valence-electron chi connectivity index (χ2n) is 4.35. The van der Waals surface area contributed by atoms with Crippen molar-refractivity contribution in [2.45, 2.75) is 19.9 Å². The maximum atomic E-state index is 6.32. The summed E-state index contributed by atoms with van der Waals surface area (Å²) >= 11 is 6.32. The quantitative estimate of drug-likeness (QED) is 0.840. The number of benzene rings is 1. The molecular formula is C14H18ClN3. The molecular weight excluding hydrogens is 246 g/mol. The van der Waals surface area contributed by atoms with Crippen molar-refractivity contribution in [1.29, 1.82) is 0 Å². The summed E-state index contributed by atoms with van der Waals surface area (Å²) in [7, 11) is 1.97. The number of aryl methyl sites for hydroxylation is 1. The van der Waals surface area contributed by atoms with E-state index in [1.807, 2.05) is 29.9 Å². The van der Waals surface area contributed by atoms with Gasteiger partial charge in [0.05, 0.1) is 5.02 Å². The highest BCUT2D eigenvalue weighted by Gasteiger charge is 2.08. The van der Waals surface area contributed by atoms with E-state index < -0.39 is 0 Å². The number of nitrogens with one attached hydrogen (secondary N) is 1. The van der Waals surface area contributed by atoms with Gasteiger partial charge in [-0.3, -0.25) is 0 Å². The average molecular weight is 264 g/mol. The van der Waals surface area contributed by atoms with Gasteiger partial charge in [0.1, 0.15) is 5.82 Å². The molecule has 0 aliphatic rings. The Morgan fingerprint density at radius 2 is 2.22 bits per heavy atom. The number of imidazole rings is 1. The molecule has 0 radical (unpaired) electrons. The molecule has 4 heteroatoms. The van der Waals surface area contributed by atoms with Crippen LogP contribution < -0.4 is 5.32 Å².